The predicted octanol–water partition coefficient (Wildman–Crippen LogP) is 6.93. The fraction of sp³-hybridized carbons (Fsp3) is 0.400. The molecule has 1 aromatic heterocycles. The number of ether oxygens (including phenoxy) is 1. The Balaban J connectivity index is 1.66. The number of aromatic nitrogens is 3. The predicted molar refractivity (Wildman–Crippen MR) is 140 cm³/mol. The van der Waals surface area contributed by atoms with Gasteiger partial charge in [0, 0.05) is 45.8 Å². The maximum atomic E-state index is 6.42. The highest BCUT2D eigenvalue weighted by Crippen LogP contribution is 2.41. The molecule has 1 aliphatic heterocycles. The first-order valence-corrected chi connectivity index (χ1v) is 13.4. The molecule has 8 heteroatoms. The highest BCUT2D eigenvalue weighted by atomic mass is 79.9. The molecule has 0 fully saturated rings. The van der Waals surface area contributed by atoms with E-state index >= 15 is 0 Å². The fourth-order valence-electron chi connectivity index (χ4n) is 3.85. The number of anilines is 2. The second kappa shape index (κ2) is 11.2. The van der Waals surface area contributed by atoms with Gasteiger partial charge in [-0.25, -0.2) is 0 Å². The van der Waals surface area contributed by atoms with Gasteiger partial charge in [-0.2, -0.15) is 4.98 Å². The number of nitrogens with one attached hydrogen (secondary N) is 1. The van der Waals surface area contributed by atoms with Crippen LogP contribution in [-0.4, -0.2) is 34.0 Å². The number of unbranched alkanes of at least 4 members (excludes halogenated alkanes) is 2. The van der Waals surface area contributed by atoms with Crippen LogP contribution in [-0.2, 0) is 0 Å². The summed E-state index contributed by atoms with van der Waals surface area (Å²) in [6.07, 6.45) is 3.16. The average Bonchev–Trinajstić information content (AvgIpc) is 2.99. The maximum absolute atomic E-state index is 6.42. The van der Waals surface area contributed by atoms with Crippen molar-refractivity contribution >= 4 is 39.1 Å². The topological polar surface area (TPSA) is 63.2 Å². The molecule has 0 unspecified atom stereocenters. The number of rotatable bonds is 9. The minimum absolute atomic E-state index is 0.383. The van der Waals surface area contributed by atoms with Gasteiger partial charge in [0.15, 0.2) is 11.9 Å². The summed E-state index contributed by atoms with van der Waals surface area (Å²) in [4.78, 5) is 7.08. The van der Waals surface area contributed by atoms with Gasteiger partial charge in [-0.3, -0.25) is 0 Å². The van der Waals surface area contributed by atoms with Crippen LogP contribution in [0.4, 0.5) is 11.4 Å². The zero-order chi connectivity index (χ0) is 23.2. The van der Waals surface area contributed by atoms with Crippen LogP contribution in [0.1, 0.15) is 51.8 Å². The Morgan fingerprint density at radius 3 is 2.55 bits per heavy atom. The summed E-state index contributed by atoms with van der Waals surface area (Å²) in [7, 11) is 0. The monoisotopic (exact) mass is 527 g/mol. The zero-order valence-electron chi connectivity index (χ0n) is 19.3. The summed E-state index contributed by atoms with van der Waals surface area (Å²) in [5.41, 5.74) is 4.75. The van der Waals surface area contributed by atoms with Crippen LogP contribution in [0.25, 0.3) is 11.3 Å². The Morgan fingerprint density at radius 2 is 1.82 bits per heavy atom. The van der Waals surface area contributed by atoms with Crippen LogP contribution in [0, 0.1) is 0 Å². The SMILES string of the molecule is CCCCCSc1nnc2c(n1)O[C@H](c1ccc(N(CC)CC)cc1)Nc1ccc(Br)cc1-2. The Hall–Kier alpha value is -2.32. The van der Waals surface area contributed by atoms with Crippen LogP contribution in [0.15, 0.2) is 52.1 Å². The van der Waals surface area contributed by atoms with Gasteiger partial charge in [-0.1, -0.05) is 59.6 Å². The first kappa shape index (κ1) is 23.8. The Kier molecular flexibility index (Phi) is 8.09. The molecule has 4 rings (SSSR count). The highest BCUT2D eigenvalue weighted by molar-refractivity contribution is 9.10. The standard InChI is InChI=1S/C25H30BrN5OS/c1-4-7-8-15-33-25-28-24-22(29-30-25)20-16-18(26)11-14-21(20)27-23(32-24)17-9-12-19(13-10-17)31(5-2)6-3/h9-14,16,23,27H,4-8,15H2,1-3H3/t23-/m1/s1. The third kappa shape index (κ3) is 5.61. The zero-order valence-corrected chi connectivity index (χ0v) is 21.7. The van der Waals surface area contributed by atoms with Crippen LogP contribution >= 0.6 is 27.7 Å². The molecular weight excluding hydrogens is 498 g/mol. The van der Waals surface area contributed by atoms with Crippen molar-refractivity contribution in [3.8, 4) is 17.1 Å². The Morgan fingerprint density at radius 1 is 1.03 bits per heavy atom. The van der Waals surface area contributed by atoms with E-state index in [-0.39, 0.29) is 6.23 Å². The Labute approximate surface area is 208 Å². The van der Waals surface area contributed by atoms with E-state index in [2.05, 4.69) is 81.4 Å². The molecule has 0 saturated carbocycles. The molecule has 0 saturated heterocycles. The molecule has 174 valence electrons. The fourth-order valence-corrected chi connectivity index (χ4v) is 4.98. The van der Waals surface area contributed by atoms with Crippen LogP contribution in [0.2, 0.25) is 0 Å². The van der Waals surface area contributed by atoms with Gasteiger partial charge in [0.25, 0.3) is 0 Å². The molecule has 0 spiro atoms. The van der Waals surface area contributed by atoms with Gasteiger partial charge in [0.2, 0.25) is 11.0 Å². The van der Waals surface area contributed by atoms with Crippen molar-refractivity contribution in [2.24, 2.45) is 0 Å². The molecular formula is C25H30BrN5OS. The van der Waals surface area contributed by atoms with Gasteiger partial charge in [-0.05, 0) is 50.6 Å². The van der Waals surface area contributed by atoms with Crippen molar-refractivity contribution < 1.29 is 4.74 Å². The molecule has 1 N–H and O–H groups in total. The normalized spacial score (nSPS) is 14.5. The van der Waals surface area contributed by atoms with E-state index < -0.39 is 0 Å². The lowest BCUT2D eigenvalue weighted by molar-refractivity contribution is 0.225. The highest BCUT2D eigenvalue weighted by Gasteiger charge is 2.26. The van der Waals surface area contributed by atoms with E-state index in [4.69, 9.17) is 9.72 Å². The second-order valence-corrected chi connectivity index (χ2v) is 9.88. The number of hydrogen-bond donors (Lipinski definition) is 1. The lowest BCUT2D eigenvalue weighted by Gasteiger charge is -2.23. The van der Waals surface area contributed by atoms with E-state index in [0.717, 1.165) is 46.6 Å². The van der Waals surface area contributed by atoms with Crippen molar-refractivity contribution in [2.75, 3.05) is 29.1 Å². The Bertz CT molecular complexity index is 1070. The quantitative estimate of drug-likeness (QED) is 0.239. The van der Waals surface area contributed by atoms with Gasteiger partial charge >= 0.3 is 0 Å². The summed E-state index contributed by atoms with van der Waals surface area (Å²) in [6, 6.07) is 14.6. The van der Waals surface area contributed by atoms with Crippen LogP contribution in [0.3, 0.4) is 0 Å². The number of fused-ring (bicyclic) bond motifs is 3. The van der Waals surface area contributed by atoms with Crippen molar-refractivity contribution in [1.29, 1.82) is 0 Å². The molecule has 0 radical (unpaired) electrons. The lowest BCUT2D eigenvalue weighted by Crippen LogP contribution is -2.22. The summed E-state index contributed by atoms with van der Waals surface area (Å²) in [5, 5.41) is 13.1. The minimum atomic E-state index is -0.383. The number of nitrogens with zero attached hydrogens (tertiary/aromatic N) is 4. The van der Waals surface area contributed by atoms with E-state index in [9.17, 15) is 0 Å². The largest absolute Gasteiger partial charge is 0.448 e. The van der Waals surface area contributed by atoms with E-state index in [1.165, 1.54) is 18.5 Å². The van der Waals surface area contributed by atoms with Crippen molar-refractivity contribution in [3.63, 3.8) is 0 Å². The van der Waals surface area contributed by atoms with Crippen molar-refractivity contribution in [1.82, 2.24) is 15.2 Å². The summed E-state index contributed by atoms with van der Waals surface area (Å²) < 4.78 is 7.39. The van der Waals surface area contributed by atoms with E-state index in [1.807, 2.05) is 18.2 Å². The second-order valence-electron chi connectivity index (χ2n) is 7.90. The molecule has 2 aromatic carbocycles. The van der Waals surface area contributed by atoms with Gasteiger partial charge in [-0.15, -0.1) is 10.2 Å². The third-order valence-electron chi connectivity index (χ3n) is 5.69. The maximum Gasteiger partial charge on any atom is 0.247 e. The number of halogens is 1. The first-order chi connectivity index (χ1) is 16.1. The number of hydrogen-bond acceptors (Lipinski definition) is 7. The van der Waals surface area contributed by atoms with Crippen LogP contribution < -0.4 is 15.0 Å². The number of benzene rings is 2. The van der Waals surface area contributed by atoms with Crippen molar-refractivity contribution in [3.05, 3.63) is 52.5 Å². The van der Waals surface area contributed by atoms with Gasteiger partial charge < -0.3 is 15.0 Å². The van der Waals surface area contributed by atoms with E-state index in [0.29, 0.717) is 16.7 Å². The minimum Gasteiger partial charge on any atom is -0.448 e. The first-order valence-electron chi connectivity index (χ1n) is 11.6. The average molecular weight is 529 g/mol. The molecule has 3 aromatic rings. The molecule has 1 aliphatic rings. The molecule has 6 nitrogen and oxygen atoms in total. The summed E-state index contributed by atoms with van der Waals surface area (Å²) in [5.74, 6) is 1.48. The summed E-state index contributed by atoms with van der Waals surface area (Å²) in [6.45, 7) is 8.50. The molecule has 33 heavy (non-hydrogen) atoms. The molecule has 2 heterocycles. The van der Waals surface area contributed by atoms with Gasteiger partial charge in [0.1, 0.15) is 0 Å². The lowest BCUT2D eigenvalue weighted by atomic mass is 10.1. The molecule has 0 aliphatic carbocycles. The molecule has 1 atom stereocenters. The molecule has 0 amide bonds. The number of thioether (sulfide) groups is 1. The van der Waals surface area contributed by atoms with Gasteiger partial charge in [0.05, 0.1) is 0 Å². The molecule has 0 bridgehead atoms. The third-order valence-corrected chi connectivity index (χ3v) is 7.11. The van der Waals surface area contributed by atoms with Crippen molar-refractivity contribution in [2.45, 2.75) is 51.4 Å². The van der Waals surface area contributed by atoms with Crippen LogP contribution in [0.5, 0.6) is 5.88 Å². The van der Waals surface area contributed by atoms with E-state index in [1.54, 1.807) is 11.8 Å². The summed E-state index contributed by atoms with van der Waals surface area (Å²) >= 11 is 5.21. The smallest absolute Gasteiger partial charge is 0.247 e.